The zero-order valence-corrected chi connectivity index (χ0v) is 24.8. The maximum absolute atomic E-state index is 14.3. The molecule has 0 radical (unpaired) electrons. The number of methoxy groups -OCH3 is 1. The molecule has 0 aliphatic heterocycles. The highest BCUT2D eigenvalue weighted by molar-refractivity contribution is 7.92. The Morgan fingerprint density at radius 3 is 1.98 bits per heavy atom. The van der Waals surface area contributed by atoms with Crippen molar-refractivity contribution in [2.24, 2.45) is 0 Å². The van der Waals surface area contributed by atoms with E-state index in [-0.39, 0.29) is 29.5 Å². The molecular weight excluding hydrogens is 569 g/mol. The normalized spacial score (nSPS) is 11.8. The Balaban J connectivity index is 1.77. The Morgan fingerprint density at radius 2 is 1.42 bits per heavy atom. The third kappa shape index (κ3) is 7.98. The van der Waals surface area contributed by atoms with E-state index in [4.69, 9.17) is 4.74 Å². The van der Waals surface area contributed by atoms with Crippen molar-refractivity contribution in [2.45, 2.75) is 30.8 Å². The average Bonchev–Trinajstić information content (AvgIpc) is 3.03. The lowest BCUT2D eigenvalue weighted by atomic mass is 10.0. The Morgan fingerprint density at radius 1 is 0.837 bits per heavy atom. The predicted octanol–water partition coefficient (Wildman–Crippen LogP) is 4.81. The van der Waals surface area contributed by atoms with Crippen LogP contribution in [0.3, 0.4) is 0 Å². The van der Waals surface area contributed by atoms with Crippen molar-refractivity contribution in [2.75, 3.05) is 24.5 Å². The van der Waals surface area contributed by atoms with Crippen LogP contribution in [0.25, 0.3) is 0 Å². The van der Waals surface area contributed by atoms with Gasteiger partial charge in [-0.05, 0) is 66.6 Å². The number of hydrogen-bond donors (Lipinski definition) is 1. The van der Waals surface area contributed by atoms with E-state index in [1.165, 1.54) is 48.4 Å². The second-order valence-corrected chi connectivity index (χ2v) is 11.6. The number of hydrogen-bond acceptors (Lipinski definition) is 5. The second-order valence-electron chi connectivity index (χ2n) is 9.77. The topological polar surface area (TPSA) is 96.0 Å². The number of sulfonamides is 1. The molecule has 10 heteroatoms. The number of carbonyl (C=O) groups excluding carboxylic acids is 2. The van der Waals surface area contributed by atoms with Crippen LogP contribution in [0.2, 0.25) is 0 Å². The van der Waals surface area contributed by atoms with E-state index in [0.29, 0.717) is 12.3 Å². The molecule has 4 aromatic rings. The van der Waals surface area contributed by atoms with E-state index in [0.717, 1.165) is 27.6 Å². The highest BCUT2D eigenvalue weighted by atomic mass is 32.2. The Kier molecular flexibility index (Phi) is 10.5. The van der Waals surface area contributed by atoms with Crippen molar-refractivity contribution >= 4 is 27.5 Å². The van der Waals surface area contributed by atoms with E-state index in [2.05, 4.69) is 5.32 Å². The van der Waals surface area contributed by atoms with Crippen molar-refractivity contribution in [1.82, 2.24) is 10.2 Å². The third-order valence-corrected chi connectivity index (χ3v) is 8.65. The summed E-state index contributed by atoms with van der Waals surface area (Å²) in [5.41, 5.74) is 1.71. The maximum atomic E-state index is 14.3. The van der Waals surface area contributed by atoms with Gasteiger partial charge in [0.25, 0.3) is 10.0 Å². The number of carbonyl (C=O) groups is 2. The molecule has 4 aromatic carbocycles. The molecule has 43 heavy (non-hydrogen) atoms. The minimum absolute atomic E-state index is 0.0636. The summed E-state index contributed by atoms with van der Waals surface area (Å²) < 4.78 is 47.9. The summed E-state index contributed by atoms with van der Waals surface area (Å²) >= 11 is 0. The van der Waals surface area contributed by atoms with Crippen molar-refractivity contribution in [3.63, 3.8) is 0 Å². The number of anilines is 1. The van der Waals surface area contributed by atoms with Crippen LogP contribution in [0.4, 0.5) is 10.1 Å². The highest BCUT2D eigenvalue weighted by Crippen LogP contribution is 2.26. The van der Waals surface area contributed by atoms with Gasteiger partial charge < -0.3 is 15.0 Å². The molecule has 4 rings (SSSR count). The van der Waals surface area contributed by atoms with Gasteiger partial charge >= 0.3 is 0 Å². The molecule has 0 aromatic heterocycles. The molecule has 0 spiro atoms. The van der Waals surface area contributed by atoms with Gasteiger partial charge in [0.2, 0.25) is 11.8 Å². The molecule has 0 saturated carbocycles. The van der Waals surface area contributed by atoms with Crippen LogP contribution in [0, 0.1) is 5.82 Å². The summed E-state index contributed by atoms with van der Waals surface area (Å²) in [4.78, 5) is 29.1. The fourth-order valence-electron chi connectivity index (χ4n) is 4.64. The van der Waals surface area contributed by atoms with Gasteiger partial charge in [0.1, 0.15) is 24.2 Å². The number of amides is 2. The minimum Gasteiger partial charge on any atom is -0.497 e. The van der Waals surface area contributed by atoms with E-state index in [9.17, 15) is 22.4 Å². The molecule has 2 amide bonds. The summed E-state index contributed by atoms with van der Waals surface area (Å²) in [7, 11) is -2.83. The Bertz CT molecular complexity index is 1600. The number of rotatable bonds is 13. The van der Waals surface area contributed by atoms with Crippen LogP contribution >= 0.6 is 0 Å². The molecule has 224 valence electrons. The number of nitrogens with one attached hydrogen (secondary N) is 1. The molecular formula is C33H34FN3O5S. The van der Waals surface area contributed by atoms with Gasteiger partial charge in [-0.1, -0.05) is 60.7 Å². The lowest BCUT2D eigenvalue weighted by molar-refractivity contribution is -0.140. The Hall–Kier alpha value is -4.70. The van der Waals surface area contributed by atoms with Crippen LogP contribution < -0.4 is 14.4 Å². The van der Waals surface area contributed by atoms with Gasteiger partial charge in [0.05, 0.1) is 17.7 Å². The van der Waals surface area contributed by atoms with Crippen molar-refractivity contribution in [1.29, 1.82) is 0 Å². The molecule has 0 heterocycles. The smallest absolute Gasteiger partial charge is 0.264 e. The Labute approximate surface area is 251 Å². The molecule has 0 aliphatic carbocycles. The van der Waals surface area contributed by atoms with Gasteiger partial charge in [-0.3, -0.25) is 13.9 Å². The molecule has 1 N–H and O–H groups in total. The number of likely N-dealkylation sites (N-methyl/N-ethyl adjacent to an activating group) is 1. The van der Waals surface area contributed by atoms with E-state index in [1.54, 1.807) is 6.92 Å². The fourth-order valence-corrected chi connectivity index (χ4v) is 6.05. The van der Waals surface area contributed by atoms with Crippen LogP contribution in [-0.2, 0) is 32.6 Å². The number of benzene rings is 4. The van der Waals surface area contributed by atoms with Crippen LogP contribution in [-0.4, -0.2) is 51.4 Å². The summed E-state index contributed by atoms with van der Waals surface area (Å²) in [6, 6.07) is 28.2. The maximum Gasteiger partial charge on any atom is 0.264 e. The van der Waals surface area contributed by atoms with Crippen LogP contribution in [0.5, 0.6) is 5.75 Å². The first-order valence-corrected chi connectivity index (χ1v) is 15.2. The summed E-state index contributed by atoms with van der Waals surface area (Å²) in [5.74, 6) is -1.05. The van der Waals surface area contributed by atoms with Crippen molar-refractivity contribution < 1.29 is 27.1 Å². The molecule has 1 atom stereocenters. The van der Waals surface area contributed by atoms with Gasteiger partial charge in [-0.15, -0.1) is 0 Å². The van der Waals surface area contributed by atoms with E-state index >= 15 is 0 Å². The highest BCUT2D eigenvalue weighted by Gasteiger charge is 2.34. The SMILES string of the molecule is CCNC(=O)C(Cc1ccccc1)N(Cc1ccccc1)C(=O)CN(c1ccc(F)cc1)S(=O)(=O)c1ccc(OC)cc1. The van der Waals surface area contributed by atoms with Crippen molar-refractivity contribution in [3.05, 3.63) is 126 Å². The molecule has 0 bridgehead atoms. The summed E-state index contributed by atoms with van der Waals surface area (Å²) in [5, 5.41) is 2.83. The average molecular weight is 604 g/mol. The fraction of sp³-hybridized carbons (Fsp3) is 0.212. The third-order valence-electron chi connectivity index (χ3n) is 6.86. The monoisotopic (exact) mass is 603 g/mol. The molecule has 0 saturated heterocycles. The van der Waals surface area contributed by atoms with Gasteiger partial charge in [0, 0.05) is 19.5 Å². The van der Waals surface area contributed by atoms with Crippen LogP contribution in [0.1, 0.15) is 18.1 Å². The first-order chi connectivity index (χ1) is 20.7. The minimum atomic E-state index is -4.30. The largest absolute Gasteiger partial charge is 0.497 e. The molecule has 1 unspecified atom stereocenters. The molecule has 8 nitrogen and oxygen atoms in total. The predicted molar refractivity (Wildman–Crippen MR) is 164 cm³/mol. The zero-order valence-electron chi connectivity index (χ0n) is 24.0. The zero-order chi connectivity index (χ0) is 30.8. The van der Waals surface area contributed by atoms with Gasteiger partial charge in [-0.25, -0.2) is 12.8 Å². The number of halogens is 1. The van der Waals surface area contributed by atoms with Gasteiger partial charge in [0.15, 0.2) is 0 Å². The quantitative estimate of drug-likeness (QED) is 0.237. The van der Waals surface area contributed by atoms with Crippen LogP contribution in [0.15, 0.2) is 114 Å². The number of nitrogens with zero attached hydrogens (tertiary/aromatic N) is 2. The first kappa shape index (κ1) is 31.2. The lowest BCUT2D eigenvalue weighted by Gasteiger charge is -2.33. The molecule has 0 fully saturated rings. The summed E-state index contributed by atoms with van der Waals surface area (Å²) in [6.45, 7) is 1.58. The van der Waals surface area contributed by atoms with Crippen molar-refractivity contribution in [3.8, 4) is 5.75 Å². The standard InChI is InChI=1S/C33H34FN3O5S/c1-3-35-33(39)31(22-25-10-6-4-7-11-25)36(23-26-12-8-5-9-13-26)32(38)24-37(28-16-14-27(34)15-17-28)43(40,41)30-20-18-29(42-2)19-21-30/h4-21,31H,3,22-24H2,1-2H3,(H,35,39). The van der Waals surface area contributed by atoms with E-state index < -0.39 is 34.3 Å². The van der Waals surface area contributed by atoms with E-state index in [1.807, 2.05) is 60.7 Å². The summed E-state index contributed by atoms with van der Waals surface area (Å²) in [6.07, 6.45) is 0.215. The molecule has 0 aliphatic rings. The second kappa shape index (κ2) is 14.5. The lowest BCUT2D eigenvalue weighted by Crippen LogP contribution is -2.53. The number of ether oxygens (including phenoxy) is 1. The first-order valence-electron chi connectivity index (χ1n) is 13.8. The van der Waals surface area contributed by atoms with Gasteiger partial charge in [-0.2, -0.15) is 0 Å².